The van der Waals surface area contributed by atoms with Gasteiger partial charge in [0.15, 0.2) is 5.71 Å². The predicted octanol–water partition coefficient (Wildman–Crippen LogP) is 3.11. The van der Waals surface area contributed by atoms with E-state index >= 15 is 0 Å². The average Bonchev–Trinajstić information content (AvgIpc) is 3.03. The van der Waals surface area contributed by atoms with Gasteiger partial charge in [-0.25, -0.2) is 9.18 Å². The molecule has 5 nitrogen and oxygen atoms in total. The Kier molecular flexibility index (Phi) is 3.87. The summed E-state index contributed by atoms with van der Waals surface area (Å²) in [5.74, 6) is -0.572. The molecule has 128 valence electrons. The van der Waals surface area contributed by atoms with Gasteiger partial charge in [-0.15, -0.1) is 0 Å². The summed E-state index contributed by atoms with van der Waals surface area (Å²) in [6.07, 6.45) is 0. The predicted molar refractivity (Wildman–Crippen MR) is 91.4 cm³/mol. The molecular weight excluding hydrogens is 323 g/mol. The molecule has 6 heteroatoms. The third kappa shape index (κ3) is 2.63. The van der Waals surface area contributed by atoms with Gasteiger partial charge < -0.3 is 9.47 Å². The lowest BCUT2D eigenvalue weighted by Gasteiger charge is -2.33. The van der Waals surface area contributed by atoms with Crippen LogP contribution in [0.4, 0.5) is 10.1 Å². The molecule has 4 rings (SSSR count). The quantitative estimate of drug-likeness (QED) is 0.806. The first-order valence-electron chi connectivity index (χ1n) is 8.21. The second-order valence-corrected chi connectivity index (χ2v) is 5.93. The van der Waals surface area contributed by atoms with Crippen molar-refractivity contribution in [2.75, 3.05) is 18.2 Å². The molecule has 0 saturated carbocycles. The van der Waals surface area contributed by atoms with Crippen molar-refractivity contribution < 1.29 is 18.7 Å². The minimum Gasteiger partial charge on any atom is -0.489 e. The van der Waals surface area contributed by atoms with Crippen molar-refractivity contribution in [3.8, 4) is 5.75 Å². The topological polar surface area (TPSA) is 51.1 Å². The van der Waals surface area contributed by atoms with Crippen LogP contribution in [0.15, 0.2) is 53.6 Å². The highest BCUT2D eigenvalue weighted by Gasteiger charge is 2.45. The molecule has 2 heterocycles. The summed E-state index contributed by atoms with van der Waals surface area (Å²) in [5, 5.41) is 6.18. The van der Waals surface area contributed by atoms with E-state index < -0.39 is 5.97 Å². The Hall–Kier alpha value is -2.89. The number of rotatable bonds is 3. The number of carbonyl (C=O) groups is 1. The van der Waals surface area contributed by atoms with Gasteiger partial charge in [-0.3, -0.25) is 5.01 Å². The number of anilines is 1. The Bertz CT molecular complexity index is 838. The van der Waals surface area contributed by atoms with E-state index in [1.54, 1.807) is 18.0 Å². The van der Waals surface area contributed by atoms with E-state index in [9.17, 15) is 9.18 Å². The summed E-state index contributed by atoms with van der Waals surface area (Å²) in [6.45, 7) is 2.38. The number of carbonyl (C=O) groups excluding carboxylic acids is 1. The van der Waals surface area contributed by atoms with Crippen LogP contribution in [-0.4, -0.2) is 30.9 Å². The van der Waals surface area contributed by atoms with E-state index in [1.807, 2.05) is 30.3 Å². The molecule has 0 aromatic heterocycles. The lowest BCUT2D eigenvalue weighted by Crippen LogP contribution is -2.41. The normalized spacial score (nSPS) is 21.0. The Morgan fingerprint density at radius 1 is 1.32 bits per heavy atom. The molecule has 0 N–H and O–H groups in total. The van der Waals surface area contributed by atoms with E-state index in [-0.39, 0.29) is 24.4 Å². The van der Waals surface area contributed by atoms with Crippen LogP contribution in [0.5, 0.6) is 5.75 Å². The van der Waals surface area contributed by atoms with Gasteiger partial charge in [-0.05, 0) is 24.6 Å². The van der Waals surface area contributed by atoms with Crippen LogP contribution in [0, 0.1) is 5.82 Å². The summed E-state index contributed by atoms with van der Waals surface area (Å²) in [4.78, 5) is 12.5. The zero-order chi connectivity index (χ0) is 17.4. The van der Waals surface area contributed by atoms with E-state index in [0.29, 0.717) is 23.8 Å². The zero-order valence-corrected chi connectivity index (χ0v) is 13.7. The third-order valence-electron chi connectivity index (χ3n) is 4.43. The number of fused-ring (bicyclic) bond motifs is 3. The SMILES string of the molecule is CCOC(=O)C1=NN2c3cc(F)ccc3OC[C@H]2[C@H]1c1ccccc1. The summed E-state index contributed by atoms with van der Waals surface area (Å²) < 4.78 is 24.7. The first-order valence-corrected chi connectivity index (χ1v) is 8.21. The summed E-state index contributed by atoms with van der Waals surface area (Å²) in [7, 11) is 0. The Morgan fingerprint density at radius 2 is 2.12 bits per heavy atom. The fourth-order valence-corrected chi connectivity index (χ4v) is 3.36. The number of halogens is 1. The molecule has 0 amide bonds. The molecule has 2 atom stereocenters. The van der Waals surface area contributed by atoms with E-state index in [2.05, 4.69) is 5.10 Å². The molecule has 0 fully saturated rings. The fourth-order valence-electron chi connectivity index (χ4n) is 3.36. The van der Waals surface area contributed by atoms with Crippen molar-refractivity contribution in [2.45, 2.75) is 18.9 Å². The van der Waals surface area contributed by atoms with Gasteiger partial charge in [0.25, 0.3) is 0 Å². The summed E-state index contributed by atoms with van der Waals surface area (Å²) >= 11 is 0. The number of nitrogens with zero attached hydrogens (tertiary/aromatic N) is 2. The van der Waals surface area contributed by atoms with Crippen LogP contribution < -0.4 is 9.75 Å². The van der Waals surface area contributed by atoms with Crippen molar-refractivity contribution in [1.82, 2.24) is 0 Å². The first-order chi connectivity index (χ1) is 12.2. The molecule has 0 radical (unpaired) electrons. The second kappa shape index (κ2) is 6.20. The van der Waals surface area contributed by atoms with Crippen molar-refractivity contribution >= 4 is 17.4 Å². The molecular formula is C19H17FN2O3. The van der Waals surface area contributed by atoms with Gasteiger partial charge in [-0.2, -0.15) is 5.10 Å². The highest BCUT2D eigenvalue weighted by atomic mass is 19.1. The number of ether oxygens (including phenoxy) is 2. The smallest absolute Gasteiger partial charge is 0.355 e. The van der Waals surface area contributed by atoms with Gasteiger partial charge in [0.2, 0.25) is 0 Å². The van der Waals surface area contributed by atoms with Crippen LogP contribution in [0.1, 0.15) is 18.4 Å². The van der Waals surface area contributed by atoms with E-state index in [1.165, 1.54) is 12.1 Å². The van der Waals surface area contributed by atoms with Gasteiger partial charge in [-0.1, -0.05) is 30.3 Å². The van der Waals surface area contributed by atoms with Crippen molar-refractivity contribution in [1.29, 1.82) is 0 Å². The molecule has 2 aliphatic heterocycles. The standard InChI is InChI=1S/C19H17FN2O3/c1-2-24-19(23)18-17(12-6-4-3-5-7-12)15-11-25-16-9-8-13(20)10-14(16)22(15)21-18/h3-10,15,17H,2,11H2,1H3/t15-,17+/m0/s1. The molecule has 0 aliphatic carbocycles. The molecule has 0 saturated heterocycles. The first kappa shape index (κ1) is 15.6. The minimum atomic E-state index is -0.455. The van der Waals surface area contributed by atoms with Crippen molar-refractivity contribution in [3.63, 3.8) is 0 Å². The summed E-state index contributed by atoms with van der Waals surface area (Å²) in [5.41, 5.74) is 1.79. The third-order valence-corrected chi connectivity index (χ3v) is 4.43. The van der Waals surface area contributed by atoms with Crippen LogP contribution in [0.2, 0.25) is 0 Å². The molecule has 25 heavy (non-hydrogen) atoms. The number of hydrogen-bond acceptors (Lipinski definition) is 5. The molecule has 0 spiro atoms. The molecule has 2 aromatic carbocycles. The van der Waals surface area contributed by atoms with Crippen LogP contribution in [0.25, 0.3) is 0 Å². The zero-order valence-electron chi connectivity index (χ0n) is 13.7. The maximum absolute atomic E-state index is 13.7. The van der Waals surface area contributed by atoms with Gasteiger partial charge in [0.05, 0.1) is 18.6 Å². The number of esters is 1. The second-order valence-electron chi connectivity index (χ2n) is 5.93. The molecule has 2 aliphatic rings. The van der Waals surface area contributed by atoms with Gasteiger partial charge in [0, 0.05) is 6.07 Å². The monoisotopic (exact) mass is 340 g/mol. The van der Waals surface area contributed by atoms with Crippen LogP contribution >= 0.6 is 0 Å². The van der Waals surface area contributed by atoms with Gasteiger partial charge >= 0.3 is 5.97 Å². The molecule has 0 unspecified atom stereocenters. The van der Waals surface area contributed by atoms with Gasteiger partial charge in [0.1, 0.15) is 23.9 Å². The highest BCUT2D eigenvalue weighted by molar-refractivity contribution is 6.39. The number of hydrazone groups is 1. The average molecular weight is 340 g/mol. The molecule has 2 aromatic rings. The van der Waals surface area contributed by atoms with Crippen LogP contribution in [-0.2, 0) is 9.53 Å². The van der Waals surface area contributed by atoms with Crippen molar-refractivity contribution in [3.05, 3.63) is 59.9 Å². The number of hydrogen-bond donors (Lipinski definition) is 0. The Morgan fingerprint density at radius 3 is 2.88 bits per heavy atom. The van der Waals surface area contributed by atoms with Crippen LogP contribution in [0.3, 0.4) is 0 Å². The Balaban J connectivity index is 1.80. The molecule has 0 bridgehead atoms. The fraction of sp³-hybridized carbons (Fsp3) is 0.263. The highest BCUT2D eigenvalue weighted by Crippen LogP contribution is 2.43. The van der Waals surface area contributed by atoms with Crippen molar-refractivity contribution in [2.24, 2.45) is 5.10 Å². The minimum absolute atomic E-state index is 0.226. The van der Waals surface area contributed by atoms with E-state index in [0.717, 1.165) is 5.56 Å². The maximum Gasteiger partial charge on any atom is 0.355 e. The lowest BCUT2D eigenvalue weighted by molar-refractivity contribution is -0.135. The Labute approximate surface area is 144 Å². The lowest BCUT2D eigenvalue weighted by atomic mass is 9.87. The number of benzene rings is 2. The largest absolute Gasteiger partial charge is 0.489 e. The summed E-state index contributed by atoms with van der Waals surface area (Å²) in [6, 6.07) is 13.7. The van der Waals surface area contributed by atoms with E-state index in [4.69, 9.17) is 9.47 Å². The maximum atomic E-state index is 13.7.